The number of esters is 3. The number of rotatable bonds is 6. The predicted octanol–water partition coefficient (Wildman–Crippen LogP) is -0.0713. The lowest BCUT2D eigenvalue weighted by Crippen LogP contribution is -2.66. The number of nitrogens with one attached hydrogen (secondary N) is 1. The molecular formula is C19H23NO9. The molecule has 3 unspecified atom stereocenters. The maximum absolute atomic E-state index is 12.5. The van der Waals surface area contributed by atoms with Crippen LogP contribution in [-0.2, 0) is 33.3 Å². The monoisotopic (exact) mass is 409 g/mol. The molecule has 158 valence electrons. The van der Waals surface area contributed by atoms with Crippen molar-refractivity contribution in [3.8, 4) is 0 Å². The third kappa shape index (κ3) is 6.26. The zero-order chi connectivity index (χ0) is 21.6. The first-order valence-corrected chi connectivity index (χ1v) is 8.86. The topological polar surface area (TPSA) is 137 Å². The van der Waals surface area contributed by atoms with Crippen molar-refractivity contribution in [1.82, 2.24) is 5.32 Å². The van der Waals surface area contributed by atoms with Crippen LogP contribution < -0.4 is 5.32 Å². The number of aliphatic hydroxyl groups is 1. The van der Waals surface area contributed by atoms with E-state index in [1.54, 1.807) is 30.3 Å². The molecule has 0 aromatic heterocycles. The number of hydrogen-bond acceptors (Lipinski definition) is 9. The molecular weight excluding hydrogens is 386 g/mol. The van der Waals surface area contributed by atoms with Gasteiger partial charge in [-0.25, -0.2) is 0 Å². The molecule has 1 aliphatic rings. The molecule has 2 rings (SSSR count). The molecule has 1 fully saturated rings. The second-order valence-corrected chi connectivity index (χ2v) is 6.38. The van der Waals surface area contributed by atoms with Crippen molar-refractivity contribution in [1.29, 1.82) is 0 Å². The Morgan fingerprint density at radius 1 is 0.966 bits per heavy atom. The second-order valence-electron chi connectivity index (χ2n) is 6.38. The smallest absolute Gasteiger partial charge is 0.303 e. The molecule has 0 aliphatic carbocycles. The van der Waals surface area contributed by atoms with Gasteiger partial charge in [0.05, 0.1) is 0 Å². The van der Waals surface area contributed by atoms with Gasteiger partial charge in [-0.05, 0) is 12.1 Å². The van der Waals surface area contributed by atoms with Gasteiger partial charge in [-0.3, -0.25) is 19.2 Å². The van der Waals surface area contributed by atoms with E-state index < -0.39 is 54.5 Å². The minimum Gasteiger partial charge on any atom is -0.463 e. The Bertz CT molecular complexity index is 751. The van der Waals surface area contributed by atoms with Gasteiger partial charge in [-0.1, -0.05) is 18.2 Å². The van der Waals surface area contributed by atoms with E-state index >= 15 is 0 Å². The van der Waals surface area contributed by atoms with Crippen molar-refractivity contribution in [3.05, 3.63) is 35.9 Å². The van der Waals surface area contributed by atoms with Crippen LogP contribution in [0.3, 0.4) is 0 Å². The lowest BCUT2D eigenvalue weighted by atomic mass is 9.96. The highest BCUT2D eigenvalue weighted by Crippen LogP contribution is 2.26. The molecule has 10 heteroatoms. The molecule has 29 heavy (non-hydrogen) atoms. The Balaban J connectivity index is 2.30. The van der Waals surface area contributed by atoms with Crippen molar-refractivity contribution in [2.75, 3.05) is 6.61 Å². The van der Waals surface area contributed by atoms with E-state index in [-0.39, 0.29) is 6.61 Å². The van der Waals surface area contributed by atoms with Crippen LogP contribution in [0.1, 0.15) is 31.1 Å². The van der Waals surface area contributed by atoms with Crippen molar-refractivity contribution in [2.45, 2.75) is 51.4 Å². The number of hydrogen-bond donors (Lipinski definition) is 2. The quantitative estimate of drug-likeness (QED) is 0.488. The van der Waals surface area contributed by atoms with E-state index in [4.69, 9.17) is 18.9 Å². The summed E-state index contributed by atoms with van der Waals surface area (Å²) >= 11 is 0. The highest BCUT2D eigenvalue weighted by Gasteiger charge is 2.50. The number of amides is 1. The van der Waals surface area contributed by atoms with E-state index in [1.165, 1.54) is 6.92 Å². The molecule has 1 saturated heterocycles. The number of benzene rings is 1. The average Bonchev–Trinajstić information content (AvgIpc) is 2.65. The van der Waals surface area contributed by atoms with Gasteiger partial charge < -0.3 is 29.4 Å². The van der Waals surface area contributed by atoms with Crippen molar-refractivity contribution in [2.24, 2.45) is 0 Å². The van der Waals surface area contributed by atoms with Gasteiger partial charge >= 0.3 is 17.9 Å². The van der Waals surface area contributed by atoms with Crippen LogP contribution in [0.4, 0.5) is 0 Å². The van der Waals surface area contributed by atoms with Crippen LogP contribution >= 0.6 is 0 Å². The fourth-order valence-corrected chi connectivity index (χ4v) is 2.90. The minimum atomic E-state index is -1.63. The SMILES string of the molecule is CC(=O)OCC1O[C@@H](O)C(NC(=O)c2ccccc2)C(OC(C)=O)[C@H]1OC(C)=O. The predicted molar refractivity (Wildman–Crippen MR) is 96.3 cm³/mol. The molecule has 2 N–H and O–H groups in total. The first-order chi connectivity index (χ1) is 13.7. The largest absolute Gasteiger partial charge is 0.463 e. The fraction of sp³-hybridized carbons (Fsp3) is 0.474. The summed E-state index contributed by atoms with van der Waals surface area (Å²) in [5.74, 6) is -2.62. The zero-order valence-electron chi connectivity index (χ0n) is 16.2. The molecule has 5 atom stereocenters. The Hall–Kier alpha value is -2.98. The lowest BCUT2D eigenvalue weighted by Gasteiger charge is -2.43. The first kappa shape index (κ1) is 22.3. The summed E-state index contributed by atoms with van der Waals surface area (Å²) in [7, 11) is 0. The minimum absolute atomic E-state index is 0.298. The molecule has 1 aliphatic heterocycles. The first-order valence-electron chi connectivity index (χ1n) is 8.86. The summed E-state index contributed by atoms with van der Waals surface area (Å²) in [6, 6.07) is 6.91. The molecule has 1 amide bonds. The molecule has 0 spiro atoms. The van der Waals surface area contributed by atoms with E-state index in [1.807, 2.05) is 0 Å². The van der Waals surface area contributed by atoms with Gasteiger partial charge in [0.1, 0.15) is 18.8 Å². The number of aliphatic hydroxyl groups excluding tert-OH is 1. The Morgan fingerprint density at radius 2 is 1.55 bits per heavy atom. The van der Waals surface area contributed by atoms with Crippen molar-refractivity contribution < 1.29 is 43.2 Å². The summed E-state index contributed by atoms with van der Waals surface area (Å²) in [5.41, 5.74) is 0.298. The van der Waals surface area contributed by atoms with E-state index in [9.17, 15) is 24.3 Å². The molecule has 0 radical (unpaired) electrons. The lowest BCUT2D eigenvalue weighted by molar-refractivity contribution is -0.263. The third-order valence-corrected chi connectivity index (χ3v) is 4.05. The number of carbonyl (C=O) groups excluding carboxylic acids is 4. The summed E-state index contributed by atoms with van der Waals surface area (Å²) in [6.07, 6.45) is -5.26. The van der Waals surface area contributed by atoms with E-state index in [0.29, 0.717) is 5.56 Å². The van der Waals surface area contributed by atoms with Crippen LogP contribution in [0.15, 0.2) is 30.3 Å². The van der Waals surface area contributed by atoms with Gasteiger partial charge in [-0.2, -0.15) is 0 Å². The number of ether oxygens (including phenoxy) is 4. The van der Waals surface area contributed by atoms with Crippen LogP contribution in [-0.4, -0.2) is 66.2 Å². The van der Waals surface area contributed by atoms with E-state index in [0.717, 1.165) is 13.8 Å². The average molecular weight is 409 g/mol. The molecule has 0 saturated carbocycles. The summed E-state index contributed by atoms with van der Waals surface area (Å²) in [5, 5.41) is 13.0. The fourth-order valence-electron chi connectivity index (χ4n) is 2.90. The standard InChI is InChI=1S/C19H23NO9/c1-10(21)26-9-14-16(27-11(2)22)17(28-12(3)23)15(19(25)29-14)20-18(24)13-7-5-4-6-8-13/h4-8,14-17,19,25H,9H2,1-3H3,(H,20,24)/t14?,15?,16-,17?,19+/m0/s1. The van der Waals surface area contributed by atoms with Crippen LogP contribution in [0.25, 0.3) is 0 Å². The van der Waals surface area contributed by atoms with Gasteiger partial charge in [0.2, 0.25) is 0 Å². The van der Waals surface area contributed by atoms with Crippen molar-refractivity contribution in [3.63, 3.8) is 0 Å². The van der Waals surface area contributed by atoms with Crippen molar-refractivity contribution >= 4 is 23.8 Å². The van der Waals surface area contributed by atoms with Crippen LogP contribution in [0.5, 0.6) is 0 Å². The maximum atomic E-state index is 12.5. The summed E-state index contributed by atoms with van der Waals surface area (Å²) < 4.78 is 20.8. The van der Waals surface area contributed by atoms with E-state index in [2.05, 4.69) is 5.32 Å². The maximum Gasteiger partial charge on any atom is 0.303 e. The highest BCUT2D eigenvalue weighted by atomic mass is 16.7. The second kappa shape index (κ2) is 9.99. The summed E-state index contributed by atoms with van der Waals surface area (Å²) in [6.45, 7) is 3.08. The Kier molecular flexibility index (Phi) is 7.68. The summed E-state index contributed by atoms with van der Waals surface area (Å²) in [4.78, 5) is 46.9. The number of carbonyl (C=O) groups is 4. The normalized spacial score (nSPS) is 26.1. The molecule has 10 nitrogen and oxygen atoms in total. The molecule has 0 bridgehead atoms. The molecule has 1 heterocycles. The molecule has 1 aromatic carbocycles. The Morgan fingerprint density at radius 3 is 2.10 bits per heavy atom. The van der Waals surface area contributed by atoms with Gasteiger partial charge in [0, 0.05) is 26.3 Å². The van der Waals surface area contributed by atoms with Crippen LogP contribution in [0, 0.1) is 0 Å². The third-order valence-electron chi connectivity index (χ3n) is 4.05. The van der Waals surface area contributed by atoms with Gasteiger partial charge in [0.15, 0.2) is 18.5 Å². The van der Waals surface area contributed by atoms with Gasteiger partial charge in [0.25, 0.3) is 5.91 Å². The molecule has 1 aromatic rings. The Labute approximate surface area is 167 Å². The van der Waals surface area contributed by atoms with Crippen LogP contribution in [0.2, 0.25) is 0 Å². The zero-order valence-corrected chi connectivity index (χ0v) is 16.2. The van der Waals surface area contributed by atoms with Gasteiger partial charge in [-0.15, -0.1) is 0 Å². The highest BCUT2D eigenvalue weighted by molar-refractivity contribution is 5.94.